The Kier molecular flexibility index (Phi) is 7.47. The van der Waals surface area contributed by atoms with Gasteiger partial charge in [-0.05, 0) is 100 Å². The zero-order valence-corrected chi connectivity index (χ0v) is 29.4. The van der Waals surface area contributed by atoms with Crippen LogP contribution in [0.5, 0.6) is 11.5 Å². The molecule has 3 nitrogen and oxygen atoms in total. The largest absolute Gasteiger partial charge is 0.458 e. The van der Waals surface area contributed by atoms with Crippen molar-refractivity contribution in [3.05, 3.63) is 200 Å². The van der Waals surface area contributed by atoms with Crippen molar-refractivity contribution in [2.75, 3.05) is 9.80 Å². The van der Waals surface area contributed by atoms with E-state index in [-0.39, 0.29) is 6.71 Å². The molecule has 8 aromatic carbocycles. The third-order valence-corrected chi connectivity index (χ3v) is 10.5. The van der Waals surface area contributed by atoms with Crippen LogP contribution in [0.3, 0.4) is 0 Å². The Bertz CT molecular complexity index is 2570. The van der Waals surface area contributed by atoms with E-state index in [2.05, 4.69) is 211 Å². The number of benzene rings is 8. The number of hydrogen-bond acceptors (Lipinski definition) is 3. The molecule has 4 heteroatoms. The zero-order chi connectivity index (χ0) is 35.3. The summed E-state index contributed by atoms with van der Waals surface area (Å²) in [6.07, 6.45) is 0. The van der Waals surface area contributed by atoms with Gasteiger partial charge in [-0.1, -0.05) is 133 Å². The van der Waals surface area contributed by atoms with Crippen molar-refractivity contribution in [2.45, 2.75) is 6.92 Å². The van der Waals surface area contributed by atoms with E-state index in [4.69, 9.17) is 4.74 Å². The number of para-hydroxylation sites is 3. The Morgan fingerprint density at radius 2 is 1.06 bits per heavy atom. The van der Waals surface area contributed by atoms with Crippen LogP contribution in [-0.4, -0.2) is 6.71 Å². The quantitative estimate of drug-likeness (QED) is 0.163. The summed E-state index contributed by atoms with van der Waals surface area (Å²) in [7, 11) is 0. The number of fused-ring (bicyclic) bond motifs is 4. The molecule has 0 atom stereocenters. The second kappa shape index (κ2) is 12.8. The van der Waals surface area contributed by atoms with Crippen molar-refractivity contribution >= 4 is 57.2 Å². The predicted molar refractivity (Wildman–Crippen MR) is 223 cm³/mol. The molecule has 10 rings (SSSR count). The van der Waals surface area contributed by atoms with Gasteiger partial charge in [-0.2, -0.15) is 0 Å². The number of nitrogens with zero attached hydrogens (tertiary/aromatic N) is 2. The fourth-order valence-electron chi connectivity index (χ4n) is 8.21. The van der Waals surface area contributed by atoms with Gasteiger partial charge >= 0.3 is 0 Å². The van der Waals surface area contributed by atoms with Gasteiger partial charge in [0.2, 0.25) is 0 Å². The van der Waals surface area contributed by atoms with E-state index in [1.54, 1.807) is 0 Å². The van der Waals surface area contributed by atoms with Crippen LogP contribution in [0.25, 0.3) is 22.3 Å². The average Bonchev–Trinajstić information content (AvgIpc) is 3.22. The predicted octanol–water partition coefficient (Wildman–Crippen LogP) is 11.2. The first-order valence-corrected chi connectivity index (χ1v) is 18.2. The van der Waals surface area contributed by atoms with Crippen LogP contribution >= 0.6 is 0 Å². The topological polar surface area (TPSA) is 15.7 Å². The number of ether oxygens (including phenoxy) is 1. The van der Waals surface area contributed by atoms with E-state index in [1.807, 2.05) is 0 Å². The summed E-state index contributed by atoms with van der Waals surface area (Å²) in [4.78, 5) is 4.76. The number of anilines is 6. The minimum atomic E-state index is -0.0286. The van der Waals surface area contributed by atoms with E-state index in [0.717, 1.165) is 51.0 Å². The molecule has 250 valence electrons. The van der Waals surface area contributed by atoms with Crippen LogP contribution in [0.1, 0.15) is 5.56 Å². The molecular formula is C49H35BN2O. The first-order valence-electron chi connectivity index (χ1n) is 18.2. The van der Waals surface area contributed by atoms with Crippen LogP contribution in [0.15, 0.2) is 194 Å². The lowest BCUT2D eigenvalue weighted by molar-refractivity contribution is 0.487. The second-order valence-electron chi connectivity index (χ2n) is 13.8. The Hall–Kier alpha value is -6.78. The van der Waals surface area contributed by atoms with E-state index >= 15 is 0 Å². The van der Waals surface area contributed by atoms with Gasteiger partial charge in [-0.25, -0.2) is 0 Å². The maximum Gasteiger partial charge on any atom is 0.256 e. The molecule has 0 saturated carbocycles. The molecule has 0 N–H and O–H groups in total. The van der Waals surface area contributed by atoms with E-state index in [1.165, 1.54) is 38.9 Å². The fraction of sp³-hybridized carbons (Fsp3) is 0.0204. The fourth-order valence-corrected chi connectivity index (χ4v) is 8.21. The standard InChI is InChI=1S/C49H35BN2O/c1-34-30-46-49-48(31-34)53-47-33-40(51(38-20-10-4-11-21-38)39-22-12-5-13-23-39)27-28-42(47)50(49)43-32-37(35-16-6-2-7-17-35)26-29-45(43)52(46)44-25-15-14-24-41(44)36-18-8-3-9-19-36/h2-33H,1H3. The lowest BCUT2D eigenvalue weighted by atomic mass is 9.34. The molecule has 0 aromatic heterocycles. The molecular weight excluding hydrogens is 643 g/mol. The third kappa shape index (κ3) is 5.30. The van der Waals surface area contributed by atoms with Gasteiger partial charge in [0.25, 0.3) is 6.71 Å². The highest BCUT2D eigenvalue weighted by Crippen LogP contribution is 2.46. The zero-order valence-electron chi connectivity index (χ0n) is 29.4. The Morgan fingerprint density at radius 1 is 0.434 bits per heavy atom. The second-order valence-corrected chi connectivity index (χ2v) is 13.8. The Labute approximate surface area is 311 Å². The van der Waals surface area contributed by atoms with Gasteiger partial charge in [-0.3, -0.25) is 0 Å². The Balaban J connectivity index is 1.20. The van der Waals surface area contributed by atoms with E-state index < -0.39 is 0 Å². The lowest BCUT2D eigenvalue weighted by Gasteiger charge is -2.41. The highest BCUT2D eigenvalue weighted by Gasteiger charge is 2.42. The number of hydrogen-bond donors (Lipinski definition) is 0. The van der Waals surface area contributed by atoms with Crippen LogP contribution in [0.4, 0.5) is 34.1 Å². The molecule has 0 unspecified atom stereocenters. The van der Waals surface area contributed by atoms with Crippen LogP contribution in [0.2, 0.25) is 0 Å². The van der Waals surface area contributed by atoms with Crippen molar-refractivity contribution in [1.29, 1.82) is 0 Å². The van der Waals surface area contributed by atoms with Crippen molar-refractivity contribution in [1.82, 2.24) is 0 Å². The summed E-state index contributed by atoms with van der Waals surface area (Å²) in [5, 5.41) is 0. The molecule has 0 spiro atoms. The van der Waals surface area contributed by atoms with Gasteiger partial charge < -0.3 is 14.5 Å². The molecule has 0 amide bonds. The van der Waals surface area contributed by atoms with Gasteiger partial charge in [0.05, 0.1) is 5.69 Å². The van der Waals surface area contributed by atoms with Gasteiger partial charge in [-0.15, -0.1) is 0 Å². The highest BCUT2D eigenvalue weighted by atomic mass is 16.5. The van der Waals surface area contributed by atoms with Crippen LogP contribution in [0, 0.1) is 6.92 Å². The molecule has 0 bridgehead atoms. The molecule has 53 heavy (non-hydrogen) atoms. The maximum absolute atomic E-state index is 7.04. The Morgan fingerprint density at radius 3 is 1.75 bits per heavy atom. The van der Waals surface area contributed by atoms with Crippen molar-refractivity contribution in [3.8, 4) is 33.8 Å². The summed E-state index contributed by atoms with van der Waals surface area (Å²) < 4.78 is 7.04. The number of aryl methyl sites for hydroxylation is 1. The van der Waals surface area contributed by atoms with Crippen molar-refractivity contribution in [3.63, 3.8) is 0 Å². The molecule has 0 saturated heterocycles. The lowest BCUT2D eigenvalue weighted by Crippen LogP contribution is -2.59. The molecule has 2 aliphatic heterocycles. The summed E-state index contributed by atoms with van der Waals surface area (Å²) in [6, 6.07) is 69.5. The summed E-state index contributed by atoms with van der Waals surface area (Å²) in [6.45, 7) is 2.14. The van der Waals surface area contributed by atoms with Crippen molar-refractivity contribution < 1.29 is 4.74 Å². The van der Waals surface area contributed by atoms with Crippen molar-refractivity contribution in [2.24, 2.45) is 0 Å². The molecule has 8 aromatic rings. The summed E-state index contributed by atoms with van der Waals surface area (Å²) >= 11 is 0. The average molecular weight is 679 g/mol. The van der Waals surface area contributed by atoms with Gasteiger partial charge in [0.15, 0.2) is 0 Å². The first kappa shape index (κ1) is 31.0. The molecule has 2 aliphatic rings. The molecule has 2 heterocycles. The molecule has 0 fully saturated rings. The maximum atomic E-state index is 7.04. The van der Waals surface area contributed by atoms with Gasteiger partial charge in [0.1, 0.15) is 11.5 Å². The first-order chi connectivity index (χ1) is 26.2. The van der Waals surface area contributed by atoms with Gasteiger partial charge in [0, 0.05) is 40.1 Å². The smallest absolute Gasteiger partial charge is 0.256 e. The van der Waals surface area contributed by atoms with E-state index in [0.29, 0.717) is 0 Å². The van der Waals surface area contributed by atoms with Crippen LogP contribution < -0.4 is 30.9 Å². The van der Waals surface area contributed by atoms with Crippen LogP contribution in [-0.2, 0) is 0 Å². The third-order valence-electron chi connectivity index (χ3n) is 10.5. The minimum absolute atomic E-state index is 0.0286. The van der Waals surface area contributed by atoms with E-state index in [9.17, 15) is 0 Å². The minimum Gasteiger partial charge on any atom is -0.458 e. The summed E-state index contributed by atoms with van der Waals surface area (Å²) in [5.41, 5.74) is 16.2. The monoisotopic (exact) mass is 678 g/mol. The number of rotatable bonds is 6. The summed E-state index contributed by atoms with van der Waals surface area (Å²) in [5.74, 6) is 1.78. The molecule has 0 aliphatic carbocycles. The highest BCUT2D eigenvalue weighted by molar-refractivity contribution is 6.99. The normalized spacial score (nSPS) is 12.3. The molecule has 0 radical (unpaired) electrons. The SMILES string of the molecule is Cc1cc2c3c(c1)N(c1ccccc1-c1ccccc1)c1ccc(-c4ccccc4)cc1B3c1ccc(N(c3ccccc3)c3ccccc3)cc1O2.